The van der Waals surface area contributed by atoms with E-state index in [0.717, 1.165) is 52.3 Å². The maximum atomic E-state index is 11.0. The predicted molar refractivity (Wildman–Crippen MR) is 117 cm³/mol. The fourth-order valence-corrected chi connectivity index (χ4v) is 4.50. The topological polar surface area (TPSA) is 68.1 Å². The zero-order chi connectivity index (χ0) is 21.7. The Morgan fingerprint density at radius 2 is 1.87 bits per heavy atom. The van der Waals surface area contributed by atoms with E-state index in [1.54, 1.807) is 0 Å². The van der Waals surface area contributed by atoms with Crippen molar-refractivity contribution >= 4 is 11.7 Å². The van der Waals surface area contributed by atoms with Crippen molar-refractivity contribution in [1.82, 2.24) is 0 Å². The SMILES string of the molecule is CCOc1cc2c(c3c1OC(C)(C)C3)C(c1ccc(CC(=O)O)cc1)=NC(C)(C)C2. The number of hydrogen-bond donors (Lipinski definition) is 1. The molecule has 2 aromatic carbocycles. The van der Waals surface area contributed by atoms with Gasteiger partial charge in [-0.3, -0.25) is 9.79 Å². The highest BCUT2D eigenvalue weighted by molar-refractivity contribution is 6.16. The summed E-state index contributed by atoms with van der Waals surface area (Å²) in [6.07, 6.45) is 1.64. The first-order chi connectivity index (χ1) is 14.1. The van der Waals surface area contributed by atoms with Crippen LogP contribution in [-0.4, -0.2) is 34.5 Å². The number of fused-ring (bicyclic) bond motifs is 3. The summed E-state index contributed by atoms with van der Waals surface area (Å²) in [7, 11) is 0. The van der Waals surface area contributed by atoms with E-state index in [4.69, 9.17) is 19.6 Å². The first-order valence-corrected chi connectivity index (χ1v) is 10.5. The quantitative estimate of drug-likeness (QED) is 0.787. The molecule has 0 spiro atoms. The van der Waals surface area contributed by atoms with Gasteiger partial charge in [-0.1, -0.05) is 24.3 Å². The van der Waals surface area contributed by atoms with E-state index < -0.39 is 5.97 Å². The van der Waals surface area contributed by atoms with Crippen molar-refractivity contribution in [1.29, 1.82) is 0 Å². The molecule has 0 atom stereocenters. The first-order valence-electron chi connectivity index (χ1n) is 10.5. The number of rotatable bonds is 5. The molecule has 158 valence electrons. The lowest BCUT2D eigenvalue weighted by Gasteiger charge is -2.31. The molecule has 2 heterocycles. The molecule has 0 saturated carbocycles. The van der Waals surface area contributed by atoms with E-state index >= 15 is 0 Å². The molecule has 1 N–H and O–H groups in total. The lowest BCUT2D eigenvalue weighted by atomic mass is 9.81. The maximum Gasteiger partial charge on any atom is 0.307 e. The molecule has 0 saturated heterocycles. The molecule has 5 heteroatoms. The molecule has 0 aliphatic carbocycles. The summed E-state index contributed by atoms with van der Waals surface area (Å²) in [5.74, 6) is 0.811. The van der Waals surface area contributed by atoms with Crippen molar-refractivity contribution in [3.05, 3.63) is 58.1 Å². The molecule has 0 bridgehead atoms. The monoisotopic (exact) mass is 407 g/mol. The Hall–Kier alpha value is -2.82. The number of carboxylic acids is 1. The average Bonchev–Trinajstić information content (AvgIpc) is 2.96. The number of carboxylic acid groups (broad SMARTS) is 1. The minimum atomic E-state index is -0.829. The fourth-order valence-electron chi connectivity index (χ4n) is 4.50. The van der Waals surface area contributed by atoms with E-state index in [2.05, 4.69) is 33.8 Å². The molecule has 0 amide bonds. The van der Waals surface area contributed by atoms with Gasteiger partial charge in [0.15, 0.2) is 11.5 Å². The van der Waals surface area contributed by atoms with Crippen LogP contribution in [0.5, 0.6) is 11.5 Å². The third kappa shape index (κ3) is 3.81. The van der Waals surface area contributed by atoms with Crippen LogP contribution in [0.25, 0.3) is 0 Å². The van der Waals surface area contributed by atoms with Crippen LogP contribution in [0.15, 0.2) is 35.3 Å². The van der Waals surface area contributed by atoms with Crippen molar-refractivity contribution in [2.45, 2.75) is 65.0 Å². The molecular weight excluding hydrogens is 378 g/mol. The van der Waals surface area contributed by atoms with Crippen molar-refractivity contribution in [2.75, 3.05) is 6.61 Å². The Morgan fingerprint density at radius 1 is 1.17 bits per heavy atom. The van der Waals surface area contributed by atoms with Gasteiger partial charge in [0.1, 0.15) is 5.60 Å². The first kappa shape index (κ1) is 20.5. The van der Waals surface area contributed by atoms with Crippen LogP contribution in [0.2, 0.25) is 0 Å². The van der Waals surface area contributed by atoms with Gasteiger partial charge >= 0.3 is 5.97 Å². The molecule has 0 fully saturated rings. The van der Waals surface area contributed by atoms with Crippen LogP contribution in [0.4, 0.5) is 0 Å². The number of aliphatic imine (C=N–C) groups is 1. The van der Waals surface area contributed by atoms with Crippen LogP contribution in [0, 0.1) is 0 Å². The van der Waals surface area contributed by atoms with Gasteiger partial charge in [0.05, 0.1) is 24.3 Å². The van der Waals surface area contributed by atoms with E-state index in [1.807, 2.05) is 31.2 Å². The standard InChI is InChI=1S/C25H29NO4/c1-6-29-19-12-17-13-24(2,3)26-22(16-9-7-15(8-10-16)11-20(27)28)21(17)18-14-25(4,5)30-23(18)19/h7-10,12H,6,11,13-14H2,1-5H3,(H,27,28). The lowest BCUT2D eigenvalue weighted by molar-refractivity contribution is -0.136. The maximum absolute atomic E-state index is 11.0. The van der Waals surface area contributed by atoms with Gasteiger partial charge in [-0.25, -0.2) is 0 Å². The molecule has 2 aliphatic heterocycles. The van der Waals surface area contributed by atoms with E-state index in [-0.39, 0.29) is 17.6 Å². The average molecular weight is 408 g/mol. The molecule has 0 radical (unpaired) electrons. The van der Waals surface area contributed by atoms with Gasteiger partial charge in [0, 0.05) is 23.1 Å². The lowest BCUT2D eigenvalue weighted by Crippen LogP contribution is -2.30. The van der Waals surface area contributed by atoms with Gasteiger partial charge < -0.3 is 14.6 Å². The summed E-state index contributed by atoms with van der Waals surface area (Å²) in [6.45, 7) is 11.1. The second-order valence-corrected chi connectivity index (χ2v) is 9.41. The molecule has 0 aromatic heterocycles. The third-order valence-electron chi connectivity index (χ3n) is 5.56. The highest BCUT2D eigenvalue weighted by Gasteiger charge is 2.39. The molecule has 0 unspecified atom stereocenters. The normalized spacial score (nSPS) is 18.1. The van der Waals surface area contributed by atoms with Crippen molar-refractivity contribution in [3.63, 3.8) is 0 Å². The highest BCUT2D eigenvalue weighted by Crippen LogP contribution is 2.48. The van der Waals surface area contributed by atoms with Crippen LogP contribution in [0.3, 0.4) is 0 Å². The number of hydrogen-bond acceptors (Lipinski definition) is 4. The number of carbonyl (C=O) groups is 1. The second-order valence-electron chi connectivity index (χ2n) is 9.41. The summed E-state index contributed by atoms with van der Waals surface area (Å²) in [5, 5.41) is 9.06. The van der Waals surface area contributed by atoms with E-state index in [0.29, 0.717) is 6.61 Å². The summed E-state index contributed by atoms with van der Waals surface area (Å²) in [4.78, 5) is 16.1. The van der Waals surface area contributed by atoms with Gasteiger partial charge in [-0.2, -0.15) is 0 Å². The van der Waals surface area contributed by atoms with Gasteiger partial charge in [0.25, 0.3) is 0 Å². The summed E-state index contributed by atoms with van der Waals surface area (Å²) < 4.78 is 12.2. The number of aliphatic carboxylic acids is 1. The number of benzene rings is 2. The summed E-state index contributed by atoms with van der Waals surface area (Å²) in [6, 6.07) is 9.83. The zero-order valence-corrected chi connectivity index (χ0v) is 18.3. The van der Waals surface area contributed by atoms with Gasteiger partial charge in [-0.05, 0) is 58.2 Å². The molecule has 2 aromatic rings. The number of ether oxygens (including phenoxy) is 2. The smallest absolute Gasteiger partial charge is 0.307 e. The van der Waals surface area contributed by atoms with E-state index in [1.165, 1.54) is 5.56 Å². The van der Waals surface area contributed by atoms with Gasteiger partial charge in [-0.15, -0.1) is 0 Å². The Morgan fingerprint density at radius 3 is 2.50 bits per heavy atom. The Labute approximate surface area is 177 Å². The largest absolute Gasteiger partial charge is 0.490 e. The Kier molecular flexibility index (Phi) is 4.88. The van der Waals surface area contributed by atoms with Crippen molar-refractivity contribution in [2.24, 2.45) is 4.99 Å². The van der Waals surface area contributed by atoms with E-state index in [9.17, 15) is 4.79 Å². The highest BCUT2D eigenvalue weighted by atomic mass is 16.5. The predicted octanol–water partition coefficient (Wildman–Crippen LogP) is 4.60. The minimum absolute atomic E-state index is 0.0178. The molecule has 2 aliphatic rings. The van der Waals surface area contributed by atoms with Crippen molar-refractivity contribution < 1.29 is 19.4 Å². The molecular formula is C25H29NO4. The molecule has 4 rings (SSSR count). The summed E-state index contributed by atoms with van der Waals surface area (Å²) in [5.41, 5.74) is 5.71. The van der Waals surface area contributed by atoms with Crippen molar-refractivity contribution in [3.8, 4) is 11.5 Å². The van der Waals surface area contributed by atoms with Gasteiger partial charge in [0.2, 0.25) is 0 Å². The van der Waals surface area contributed by atoms with Crippen LogP contribution in [-0.2, 0) is 24.1 Å². The third-order valence-corrected chi connectivity index (χ3v) is 5.56. The Balaban J connectivity index is 1.87. The molecule has 30 heavy (non-hydrogen) atoms. The van der Waals surface area contributed by atoms with Crippen LogP contribution in [0.1, 0.15) is 62.4 Å². The zero-order valence-electron chi connectivity index (χ0n) is 18.3. The van der Waals surface area contributed by atoms with Crippen LogP contribution < -0.4 is 9.47 Å². The van der Waals surface area contributed by atoms with Crippen LogP contribution >= 0.6 is 0 Å². The molecule has 5 nitrogen and oxygen atoms in total. The summed E-state index contributed by atoms with van der Waals surface area (Å²) >= 11 is 0. The Bertz CT molecular complexity index is 1030. The number of nitrogens with zero attached hydrogens (tertiary/aromatic N) is 1. The minimum Gasteiger partial charge on any atom is -0.490 e. The fraction of sp³-hybridized carbons (Fsp3) is 0.440. The second kappa shape index (κ2) is 7.15.